The van der Waals surface area contributed by atoms with E-state index in [1.54, 1.807) is 36.5 Å². The Morgan fingerprint density at radius 3 is 2.72 bits per heavy atom. The Balaban J connectivity index is 1.38. The summed E-state index contributed by atoms with van der Waals surface area (Å²) in [5.74, 6) is 0.904. The van der Waals surface area contributed by atoms with Gasteiger partial charge in [-0.25, -0.2) is 0 Å². The van der Waals surface area contributed by atoms with Gasteiger partial charge >= 0.3 is 0 Å². The first kappa shape index (κ1) is 23.3. The van der Waals surface area contributed by atoms with E-state index in [1.807, 2.05) is 6.07 Å². The molecule has 0 bridgehead atoms. The SMILES string of the molecule is C=CC(=O)Nc1cccc(Oc2nc(Nc3ccc(N4CCN(C)CC4)cc3C)nn3nccc23)c1. The Morgan fingerprint density at radius 2 is 1.94 bits per heavy atom. The van der Waals surface area contributed by atoms with Crippen molar-refractivity contribution in [2.45, 2.75) is 6.92 Å². The largest absolute Gasteiger partial charge is 0.437 e. The number of nitrogens with one attached hydrogen (secondary N) is 2. The minimum absolute atomic E-state index is 0.298. The number of ether oxygens (including phenoxy) is 1. The second-order valence-corrected chi connectivity index (χ2v) is 8.68. The number of fused-ring (bicyclic) bond motifs is 1. The summed E-state index contributed by atoms with van der Waals surface area (Å²) in [5, 5.41) is 14.8. The molecule has 1 aliphatic heterocycles. The average molecular weight is 485 g/mol. The molecule has 10 nitrogen and oxygen atoms in total. The van der Waals surface area contributed by atoms with Gasteiger partial charge in [-0.3, -0.25) is 4.79 Å². The molecule has 0 saturated carbocycles. The number of anilines is 4. The number of carbonyl (C=O) groups excluding carboxylic acids is 1. The zero-order valence-electron chi connectivity index (χ0n) is 20.3. The van der Waals surface area contributed by atoms with Gasteiger partial charge in [0, 0.05) is 49.3 Å². The van der Waals surface area contributed by atoms with Gasteiger partial charge in [0.1, 0.15) is 11.3 Å². The van der Waals surface area contributed by atoms with E-state index in [1.165, 1.54) is 16.4 Å². The lowest BCUT2D eigenvalue weighted by molar-refractivity contribution is -0.111. The molecule has 3 heterocycles. The number of aromatic nitrogens is 4. The maximum absolute atomic E-state index is 11.6. The summed E-state index contributed by atoms with van der Waals surface area (Å²) in [6, 6.07) is 15.2. The van der Waals surface area contributed by atoms with Crippen molar-refractivity contribution in [1.82, 2.24) is 24.7 Å². The predicted molar refractivity (Wildman–Crippen MR) is 140 cm³/mol. The first-order valence-electron chi connectivity index (χ1n) is 11.7. The number of aryl methyl sites for hydroxylation is 1. The van der Waals surface area contributed by atoms with Crippen LogP contribution in [-0.2, 0) is 4.79 Å². The van der Waals surface area contributed by atoms with Crippen LogP contribution in [-0.4, -0.2) is 63.8 Å². The molecule has 2 aromatic carbocycles. The summed E-state index contributed by atoms with van der Waals surface area (Å²) in [6.07, 6.45) is 2.85. The highest BCUT2D eigenvalue weighted by Gasteiger charge is 2.16. The summed E-state index contributed by atoms with van der Waals surface area (Å²) in [7, 11) is 2.15. The lowest BCUT2D eigenvalue weighted by atomic mass is 10.1. The third-order valence-corrected chi connectivity index (χ3v) is 6.07. The van der Waals surface area contributed by atoms with E-state index in [0.717, 1.165) is 37.4 Å². The highest BCUT2D eigenvalue weighted by atomic mass is 16.5. The second kappa shape index (κ2) is 10.0. The van der Waals surface area contributed by atoms with Crippen LogP contribution in [0.5, 0.6) is 11.6 Å². The number of benzene rings is 2. The first-order chi connectivity index (χ1) is 17.5. The minimum atomic E-state index is -0.298. The van der Waals surface area contributed by atoms with Crippen molar-refractivity contribution in [1.29, 1.82) is 0 Å². The Kier molecular flexibility index (Phi) is 6.50. The van der Waals surface area contributed by atoms with Gasteiger partial charge in [0.15, 0.2) is 0 Å². The number of hydrogen-bond donors (Lipinski definition) is 2. The van der Waals surface area contributed by atoms with Crippen LogP contribution in [0.2, 0.25) is 0 Å². The molecule has 0 aliphatic carbocycles. The fourth-order valence-electron chi connectivity index (χ4n) is 4.04. The van der Waals surface area contributed by atoms with Crippen molar-refractivity contribution in [3.8, 4) is 11.6 Å². The van der Waals surface area contributed by atoms with Gasteiger partial charge in [-0.2, -0.15) is 10.1 Å². The minimum Gasteiger partial charge on any atom is -0.437 e. The standard InChI is InChI=1S/C26H28N8O2/c1-4-24(35)28-19-6-5-7-21(17-19)36-25-23-10-11-27-34(23)31-26(30-25)29-22-9-8-20(16-18(22)2)33-14-12-32(3)13-15-33/h4-11,16-17H,1,12-15H2,2-3H3,(H,28,35)(H,29,31). The van der Waals surface area contributed by atoms with E-state index in [9.17, 15) is 4.79 Å². The number of nitrogens with zero attached hydrogens (tertiary/aromatic N) is 6. The molecule has 1 fully saturated rings. The van der Waals surface area contributed by atoms with Gasteiger partial charge in [0.25, 0.3) is 11.8 Å². The number of rotatable bonds is 7. The Hall–Kier alpha value is -4.44. The lowest BCUT2D eigenvalue weighted by Crippen LogP contribution is -2.44. The summed E-state index contributed by atoms with van der Waals surface area (Å²) >= 11 is 0. The molecule has 36 heavy (non-hydrogen) atoms. The van der Waals surface area contributed by atoms with E-state index >= 15 is 0 Å². The topological polar surface area (TPSA) is 99.9 Å². The smallest absolute Gasteiger partial charge is 0.250 e. The highest BCUT2D eigenvalue weighted by Crippen LogP contribution is 2.29. The molecule has 1 aliphatic rings. The summed E-state index contributed by atoms with van der Waals surface area (Å²) in [6.45, 7) is 9.69. The van der Waals surface area contributed by atoms with Crippen molar-refractivity contribution < 1.29 is 9.53 Å². The van der Waals surface area contributed by atoms with Crippen molar-refractivity contribution >= 4 is 34.4 Å². The van der Waals surface area contributed by atoms with Gasteiger partial charge in [-0.15, -0.1) is 9.73 Å². The molecule has 0 radical (unpaired) electrons. The molecule has 0 atom stereocenters. The molecule has 0 unspecified atom stereocenters. The molecule has 1 amide bonds. The number of carbonyl (C=O) groups is 1. The van der Waals surface area contributed by atoms with E-state index in [0.29, 0.717) is 28.8 Å². The van der Waals surface area contributed by atoms with Crippen LogP contribution in [0.25, 0.3) is 5.52 Å². The second-order valence-electron chi connectivity index (χ2n) is 8.68. The molecule has 184 valence electrons. The molecule has 4 aromatic rings. The van der Waals surface area contributed by atoms with E-state index < -0.39 is 0 Å². The summed E-state index contributed by atoms with van der Waals surface area (Å²) in [4.78, 5) is 21.0. The predicted octanol–water partition coefficient (Wildman–Crippen LogP) is 3.84. The Morgan fingerprint density at radius 1 is 1.11 bits per heavy atom. The fourth-order valence-corrected chi connectivity index (χ4v) is 4.04. The van der Waals surface area contributed by atoms with Crippen LogP contribution in [0.4, 0.5) is 23.0 Å². The van der Waals surface area contributed by atoms with E-state index in [2.05, 4.69) is 68.3 Å². The number of amides is 1. The number of piperazine rings is 1. The normalized spacial score (nSPS) is 14.0. The van der Waals surface area contributed by atoms with Crippen molar-refractivity contribution in [3.63, 3.8) is 0 Å². The van der Waals surface area contributed by atoms with Crippen LogP contribution in [0.15, 0.2) is 67.4 Å². The quantitative estimate of drug-likeness (QED) is 0.382. The van der Waals surface area contributed by atoms with E-state index in [4.69, 9.17) is 4.74 Å². The van der Waals surface area contributed by atoms with Gasteiger partial charge in [0.2, 0.25) is 5.91 Å². The summed E-state index contributed by atoms with van der Waals surface area (Å²) < 4.78 is 7.56. The number of likely N-dealkylation sites (N-methyl/N-ethyl adjacent to an activating group) is 1. The Bertz CT molecular complexity index is 1410. The van der Waals surface area contributed by atoms with Crippen LogP contribution in [0.1, 0.15) is 5.56 Å². The Labute approximate surface area is 209 Å². The number of hydrogen-bond acceptors (Lipinski definition) is 8. The monoisotopic (exact) mass is 484 g/mol. The molecule has 10 heteroatoms. The summed E-state index contributed by atoms with van der Waals surface area (Å²) in [5.41, 5.74) is 4.40. The molecular weight excluding hydrogens is 456 g/mol. The molecule has 1 saturated heterocycles. The maximum atomic E-state index is 11.6. The third kappa shape index (κ3) is 5.13. The van der Waals surface area contributed by atoms with Crippen molar-refractivity contribution in [2.24, 2.45) is 0 Å². The zero-order chi connectivity index (χ0) is 25.1. The van der Waals surface area contributed by atoms with Gasteiger partial charge in [0.05, 0.1) is 6.20 Å². The molecule has 5 rings (SSSR count). The molecule has 0 spiro atoms. The fraction of sp³-hybridized carbons (Fsp3) is 0.231. The molecule has 2 N–H and O–H groups in total. The average Bonchev–Trinajstić information content (AvgIpc) is 3.35. The zero-order valence-corrected chi connectivity index (χ0v) is 20.3. The van der Waals surface area contributed by atoms with Crippen LogP contribution in [0, 0.1) is 6.92 Å². The highest BCUT2D eigenvalue weighted by molar-refractivity contribution is 5.98. The molecule has 2 aromatic heterocycles. The van der Waals surface area contributed by atoms with E-state index in [-0.39, 0.29) is 5.91 Å². The van der Waals surface area contributed by atoms with Crippen molar-refractivity contribution in [2.75, 3.05) is 48.8 Å². The van der Waals surface area contributed by atoms with Gasteiger partial charge in [-0.1, -0.05) is 12.6 Å². The maximum Gasteiger partial charge on any atom is 0.250 e. The van der Waals surface area contributed by atoms with Crippen LogP contribution >= 0.6 is 0 Å². The molecular formula is C26H28N8O2. The lowest BCUT2D eigenvalue weighted by Gasteiger charge is -2.34. The first-order valence-corrected chi connectivity index (χ1v) is 11.7. The van der Waals surface area contributed by atoms with Crippen LogP contribution in [0.3, 0.4) is 0 Å². The van der Waals surface area contributed by atoms with Gasteiger partial charge < -0.3 is 25.2 Å². The van der Waals surface area contributed by atoms with Crippen molar-refractivity contribution in [3.05, 3.63) is 72.9 Å². The van der Waals surface area contributed by atoms with Crippen LogP contribution < -0.4 is 20.3 Å². The third-order valence-electron chi connectivity index (χ3n) is 6.07. The van der Waals surface area contributed by atoms with Gasteiger partial charge in [-0.05, 0) is 62.0 Å².